The van der Waals surface area contributed by atoms with Crippen molar-refractivity contribution < 1.29 is 4.79 Å². The Morgan fingerprint density at radius 1 is 1.44 bits per heavy atom. The van der Waals surface area contributed by atoms with Crippen molar-refractivity contribution in [3.05, 3.63) is 18.2 Å². The predicted molar refractivity (Wildman–Crippen MR) is 67.6 cm³/mol. The topological polar surface area (TPSA) is 46.9 Å². The number of Topliss-reactive ketones (excluding diaryl/α,β-unsaturated/α-hetero) is 1. The first-order valence-electron chi connectivity index (χ1n) is 5.01. The average molecular weight is 266 g/mol. The number of hydrogen-bond acceptors (Lipinski definition) is 3. The molecule has 4 nitrogen and oxygen atoms in total. The second-order valence-corrected chi connectivity index (χ2v) is 3.75. The minimum Gasteiger partial charge on any atom is -0.332 e. The summed E-state index contributed by atoms with van der Waals surface area (Å²) in [4.78, 5) is 16.1. The van der Waals surface area contributed by atoms with Gasteiger partial charge in [0, 0.05) is 25.4 Å². The van der Waals surface area contributed by atoms with E-state index in [1.165, 1.54) is 0 Å². The maximum Gasteiger partial charge on any atom is 0.201 e. The molecule has 0 spiro atoms. The number of nitrogens with one attached hydrogen (secondary N) is 1. The number of carbonyl (C=O) groups is 1. The van der Waals surface area contributed by atoms with Gasteiger partial charge in [0.05, 0.1) is 0 Å². The Morgan fingerprint density at radius 2 is 2.06 bits per heavy atom. The van der Waals surface area contributed by atoms with Crippen molar-refractivity contribution in [1.82, 2.24) is 14.9 Å². The summed E-state index contributed by atoms with van der Waals surface area (Å²) in [5.74, 6) is 0.952. The van der Waals surface area contributed by atoms with E-state index in [0.29, 0.717) is 5.82 Å². The number of hydrogen-bond donors (Lipinski definition) is 1. The van der Waals surface area contributed by atoms with Gasteiger partial charge in [0.1, 0.15) is 0 Å². The fourth-order valence-corrected chi connectivity index (χ4v) is 1.87. The van der Waals surface area contributed by atoms with E-state index in [-0.39, 0.29) is 36.5 Å². The number of aryl methyl sites for hydroxylation is 1. The molecule has 1 aromatic rings. The van der Waals surface area contributed by atoms with Crippen molar-refractivity contribution in [1.29, 1.82) is 0 Å². The Kier molecular flexibility index (Phi) is 6.64. The monoisotopic (exact) mass is 265 g/mol. The standard InChI is InChI=1S/C10H15N3O.2ClH/c1-13-7-6-12-10(13)9(14)8-2-4-11-5-3-8;;/h6-8,11H,2-5H2,1H3;2*1H. The van der Waals surface area contributed by atoms with Gasteiger partial charge in [-0.15, -0.1) is 24.8 Å². The van der Waals surface area contributed by atoms with Gasteiger partial charge in [0.2, 0.25) is 5.78 Å². The van der Waals surface area contributed by atoms with E-state index in [2.05, 4.69) is 10.3 Å². The van der Waals surface area contributed by atoms with Crippen molar-refractivity contribution >= 4 is 30.6 Å². The lowest BCUT2D eigenvalue weighted by atomic mass is 9.93. The summed E-state index contributed by atoms with van der Waals surface area (Å²) in [5.41, 5.74) is 0. The van der Waals surface area contributed by atoms with Crippen LogP contribution in [0, 0.1) is 5.92 Å². The highest BCUT2D eigenvalue weighted by molar-refractivity contribution is 5.94. The van der Waals surface area contributed by atoms with Crippen LogP contribution in [0.4, 0.5) is 0 Å². The molecule has 1 aliphatic rings. The third-order valence-electron chi connectivity index (χ3n) is 2.75. The minimum absolute atomic E-state index is 0. The van der Waals surface area contributed by atoms with Crippen molar-refractivity contribution in [3.8, 4) is 0 Å². The molecule has 0 saturated carbocycles. The van der Waals surface area contributed by atoms with Crippen LogP contribution in [0.2, 0.25) is 0 Å². The molecule has 0 unspecified atom stereocenters. The molecule has 2 rings (SSSR count). The van der Waals surface area contributed by atoms with Gasteiger partial charge in [-0.05, 0) is 25.9 Å². The van der Waals surface area contributed by atoms with Crippen LogP contribution in [0.15, 0.2) is 12.4 Å². The van der Waals surface area contributed by atoms with Gasteiger partial charge in [0.25, 0.3) is 0 Å². The Labute approximate surface area is 108 Å². The molecule has 0 radical (unpaired) electrons. The molecule has 0 aromatic carbocycles. The number of carbonyl (C=O) groups excluding carboxylic acids is 1. The van der Waals surface area contributed by atoms with Crippen molar-refractivity contribution in [2.75, 3.05) is 13.1 Å². The maximum absolute atomic E-state index is 12.0. The Morgan fingerprint density at radius 3 is 2.56 bits per heavy atom. The summed E-state index contributed by atoms with van der Waals surface area (Å²) in [7, 11) is 1.86. The number of piperidine rings is 1. The van der Waals surface area contributed by atoms with Crippen LogP contribution in [0.3, 0.4) is 0 Å². The quantitative estimate of drug-likeness (QED) is 0.824. The van der Waals surface area contributed by atoms with Crippen LogP contribution in [-0.2, 0) is 7.05 Å². The fraction of sp³-hybridized carbons (Fsp3) is 0.600. The van der Waals surface area contributed by atoms with Crippen LogP contribution in [0.25, 0.3) is 0 Å². The maximum atomic E-state index is 12.0. The molecule has 6 heteroatoms. The molecule has 0 bridgehead atoms. The smallest absolute Gasteiger partial charge is 0.201 e. The minimum atomic E-state index is 0. The second-order valence-electron chi connectivity index (χ2n) is 3.75. The highest BCUT2D eigenvalue weighted by atomic mass is 35.5. The lowest BCUT2D eigenvalue weighted by Crippen LogP contribution is -2.32. The highest BCUT2D eigenvalue weighted by Crippen LogP contribution is 2.16. The number of rotatable bonds is 2. The summed E-state index contributed by atoms with van der Waals surface area (Å²) in [5, 5.41) is 3.25. The molecule has 0 atom stereocenters. The first-order valence-corrected chi connectivity index (χ1v) is 5.01. The zero-order valence-electron chi connectivity index (χ0n) is 9.18. The van der Waals surface area contributed by atoms with Gasteiger partial charge in [-0.3, -0.25) is 4.79 Å². The molecule has 1 saturated heterocycles. The molecule has 2 heterocycles. The van der Waals surface area contributed by atoms with E-state index in [9.17, 15) is 4.79 Å². The number of halogens is 2. The third-order valence-corrected chi connectivity index (χ3v) is 2.75. The molecular weight excluding hydrogens is 249 g/mol. The van der Waals surface area contributed by atoms with E-state index in [4.69, 9.17) is 0 Å². The molecule has 1 fully saturated rings. The Bertz CT molecular complexity index is 335. The summed E-state index contributed by atoms with van der Waals surface area (Å²) in [6, 6.07) is 0. The lowest BCUT2D eigenvalue weighted by Gasteiger charge is -2.20. The number of ketones is 1. The summed E-state index contributed by atoms with van der Waals surface area (Å²) >= 11 is 0. The number of imidazole rings is 1. The molecule has 16 heavy (non-hydrogen) atoms. The first-order chi connectivity index (χ1) is 6.79. The number of aromatic nitrogens is 2. The van der Waals surface area contributed by atoms with Gasteiger partial charge in [-0.1, -0.05) is 0 Å². The zero-order valence-corrected chi connectivity index (χ0v) is 10.8. The fourth-order valence-electron chi connectivity index (χ4n) is 1.87. The van der Waals surface area contributed by atoms with Crippen molar-refractivity contribution in [2.45, 2.75) is 12.8 Å². The molecule has 1 N–H and O–H groups in total. The summed E-state index contributed by atoms with van der Waals surface area (Å²) in [6.45, 7) is 1.89. The van der Waals surface area contributed by atoms with E-state index < -0.39 is 0 Å². The number of nitrogens with zero attached hydrogens (tertiary/aromatic N) is 2. The average Bonchev–Trinajstić information content (AvgIpc) is 2.65. The van der Waals surface area contributed by atoms with Crippen LogP contribution in [0.1, 0.15) is 23.5 Å². The molecule has 1 aliphatic heterocycles. The Hall–Kier alpha value is -0.580. The van der Waals surface area contributed by atoms with E-state index >= 15 is 0 Å². The molecule has 1 aromatic heterocycles. The van der Waals surface area contributed by atoms with E-state index in [1.807, 2.05) is 13.2 Å². The van der Waals surface area contributed by atoms with Gasteiger partial charge in [0.15, 0.2) is 5.82 Å². The predicted octanol–water partition coefficient (Wildman–Crippen LogP) is 1.45. The molecule has 0 amide bonds. The normalized spacial score (nSPS) is 16.1. The van der Waals surface area contributed by atoms with E-state index in [0.717, 1.165) is 25.9 Å². The van der Waals surface area contributed by atoms with Crippen molar-refractivity contribution in [3.63, 3.8) is 0 Å². The summed E-state index contributed by atoms with van der Waals surface area (Å²) < 4.78 is 1.80. The van der Waals surface area contributed by atoms with Crippen LogP contribution in [0.5, 0.6) is 0 Å². The largest absolute Gasteiger partial charge is 0.332 e. The molecule has 0 aliphatic carbocycles. The van der Waals surface area contributed by atoms with Gasteiger partial charge in [-0.25, -0.2) is 4.98 Å². The van der Waals surface area contributed by atoms with Crippen molar-refractivity contribution in [2.24, 2.45) is 13.0 Å². The SMILES string of the molecule is Cl.Cl.Cn1ccnc1C(=O)C1CCNCC1. The lowest BCUT2D eigenvalue weighted by molar-refractivity contribution is 0.0881. The van der Waals surface area contributed by atoms with Gasteiger partial charge in [-0.2, -0.15) is 0 Å². The second kappa shape index (κ2) is 6.89. The Balaban J connectivity index is 0.00000112. The van der Waals surface area contributed by atoms with Gasteiger partial charge >= 0.3 is 0 Å². The van der Waals surface area contributed by atoms with Crippen LogP contribution < -0.4 is 5.32 Å². The van der Waals surface area contributed by atoms with E-state index in [1.54, 1.807) is 10.8 Å². The molecular formula is C10H17Cl2N3O. The first kappa shape index (κ1) is 15.4. The highest BCUT2D eigenvalue weighted by Gasteiger charge is 2.24. The molecule has 92 valence electrons. The summed E-state index contributed by atoms with van der Waals surface area (Å²) in [6.07, 6.45) is 5.36. The van der Waals surface area contributed by atoms with Gasteiger partial charge < -0.3 is 9.88 Å². The zero-order chi connectivity index (χ0) is 9.97. The van der Waals surface area contributed by atoms with Crippen LogP contribution in [-0.4, -0.2) is 28.4 Å². The third kappa shape index (κ3) is 3.20. The van der Waals surface area contributed by atoms with Crippen LogP contribution >= 0.6 is 24.8 Å².